The summed E-state index contributed by atoms with van der Waals surface area (Å²) >= 11 is 5.07. The number of aliphatic hydroxyl groups excluding tert-OH is 2. The molecule has 0 aromatic carbocycles. The van der Waals surface area contributed by atoms with Crippen molar-refractivity contribution in [1.29, 1.82) is 0 Å². The van der Waals surface area contributed by atoms with Gasteiger partial charge in [0.1, 0.15) is 54.4 Å². The Morgan fingerprint density at radius 2 is 1.11 bits per heavy atom. The quantitative estimate of drug-likeness (QED) is 0.0220. The summed E-state index contributed by atoms with van der Waals surface area (Å²) in [5.74, 6) is -11.9. The van der Waals surface area contributed by atoms with Gasteiger partial charge in [-0.1, -0.05) is 13.8 Å². The zero-order chi connectivity index (χ0) is 50.8. The zero-order valence-corrected chi connectivity index (χ0v) is 39.4. The van der Waals surface area contributed by atoms with Crippen molar-refractivity contribution in [3.63, 3.8) is 0 Å². The molecule has 26 nitrogen and oxygen atoms in total. The van der Waals surface area contributed by atoms with Crippen LogP contribution in [0.1, 0.15) is 66.7 Å². The fourth-order valence-electron chi connectivity index (χ4n) is 5.52. The van der Waals surface area contributed by atoms with Gasteiger partial charge >= 0.3 is 11.9 Å². The molecule has 0 spiro atoms. The van der Waals surface area contributed by atoms with Crippen molar-refractivity contribution >= 4 is 89.5 Å². The summed E-state index contributed by atoms with van der Waals surface area (Å²) in [5.41, 5.74) is 11.2. The second kappa shape index (κ2) is 31.6. The van der Waals surface area contributed by atoms with Gasteiger partial charge in [-0.2, -0.15) is 24.4 Å². The Bertz CT molecular complexity index is 1690. The molecule has 0 saturated heterocycles. The molecule has 0 rings (SSSR count). The number of unbranched alkanes of at least 4 members (excludes halogenated alkanes) is 1. The van der Waals surface area contributed by atoms with Crippen LogP contribution in [-0.4, -0.2) is 183 Å². The van der Waals surface area contributed by atoms with E-state index in [0.717, 1.165) is 6.92 Å². The summed E-state index contributed by atoms with van der Waals surface area (Å²) in [7, 11) is 0. The van der Waals surface area contributed by atoms with Gasteiger partial charge < -0.3 is 79.7 Å². The molecule has 0 aliphatic carbocycles. The second-order valence-corrected chi connectivity index (χ2v) is 16.8. The number of rotatable bonds is 32. The lowest BCUT2D eigenvalue weighted by atomic mass is 10.0. The van der Waals surface area contributed by atoms with Crippen LogP contribution in [0, 0.1) is 5.92 Å². The highest BCUT2D eigenvalue weighted by Crippen LogP contribution is 2.08. The Hall–Kier alpha value is -5.29. The molecular weight excluding hydrogens is 915 g/mol. The number of nitrogens with one attached hydrogen (secondary N) is 9. The Morgan fingerprint density at radius 3 is 1.62 bits per heavy atom. The normalized spacial score (nSPS) is 15.6. The minimum atomic E-state index is -1.81. The molecule has 28 heteroatoms. The van der Waals surface area contributed by atoms with Crippen molar-refractivity contribution in [3.8, 4) is 0 Å². The Morgan fingerprint density at radius 1 is 0.606 bits per heavy atom. The van der Waals surface area contributed by atoms with Crippen LogP contribution in [0.2, 0.25) is 0 Å². The molecule has 0 aliphatic rings. The maximum absolute atomic E-state index is 13.7. The monoisotopic (exact) mass is 981 g/mol. The van der Waals surface area contributed by atoms with Crippen LogP contribution in [0.4, 0.5) is 0 Å². The van der Waals surface area contributed by atoms with Crippen molar-refractivity contribution in [2.24, 2.45) is 17.4 Å². The van der Waals surface area contributed by atoms with E-state index < -0.39 is 151 Å². The van der Waals surface area contributed by atoms with Gasteiger partial charge in [-0.25, -0.2) is 4.79 Å². The SMILES string of the molecule is CSCC[C@H](NC(=O)[C@@H](NC(=O)[C@H](CCCCN)NC(=O)[C@H](C)NC(=O)[C@@H](NC(=O)[C@@H](N)CO)C(C)C)[C@@H](C)O)C(=O)N[C@@H](CC(=O)O)C(=O)N[C@@H](C)C(=O)NCC(=O)N[C@@H](CS)C(=O)O. The highest BCUT2D eigenvalue weighted by atomic mass is 32.2. The molecule has 0 saturated carbocycles. The first-order chi connectivity index (χ1) is 30.8. The van der Waals surface area contributed by atoms with E-state index in [9.17, 15) is 68.1 Å². The van der Waals surface area contributed by atoms with Crippen LogP contribution in [0.5, 0.6) is 0 Å². The summed E-state index contributed by atoms with van der Waals surface area (Å²) in [6, 6.07) is -12.9. The van der Waals surface area contributed by atoms with Crippen LogP contribution < -0.4 is 59.3 Å². The Labute approximate surface area is 391 Å². The van der Waals surface area contributed by atoms with Crippen molar-refractivity contribution in [1.82, 2.24) is 47.9 Å². The molecule has 0 aromatic rings. The molecule has 66 heavy (non-hydrogen) atoms. The highest BCUT2D eigenvalue weighted by Gasteiger charge is 2.35. The van der Waals surface area contributed by atoms with Crippen molar-refractivity contribution < 1.29 is 73.2 Å². The molecule has 0 heterocycles. The number of thiol groups is 1. The first kappa shape index (κ1) is 60.7. The standard InChI is InChI=1S/C38H67N11O15S2/c1-17(2)28(48-32(57)21(40)15-50)36(61)43-19(4)31(56)45-22(9-7-8-11-39)34(59)49-29(20(5)51)37(62)46-23(10-12-66-6)33(58)47-24(13-27(53)54)35(60)42-18(3)30(55)41-14-26(52)44-25(16-65)38(63)64/h17-25,28-29,50-51,65H,7-16,39-40H2,1-6H3,(H,41,55)(H,42,60)(H,43,61)(H,44,52)(H,45,56)(H,46,62)(H,47,58)(H,48,57)(H,49,59)(H,53,54)(H,63,64)/t18-,19-,20+,21-,22-,23-,24-,25-,28-,29-/m0/s1. The van der Waals surface area contributed by atoms with Gasteiger partial charge in [-0.15, -0.1) is 0 Å². The number of thioether (sulfide) groups is 1. The van der Waals surface area contributed by atoms with Crippen LogP contribution in [0.3, 0.4) is 0 Å². The van der Waals surface area contributed by atoms with Crippen LogP contribution >= 0.6 is 24.4 Å². The van der Waals surface area contributed by atoms with E-state index in [-0.39, 0.29) is 30.9 Å². The lowest BCUT2D eigenvalue weighted by Crippen LogP contribution is -2.62. The predicted octanol–water partition coefficient (Wildman–Crippen LogP) is -6.25. The topological polar surface area (TPSA) is 429 Å². The summed E-state index contributed by atoms with van der Waals surface area (Å²) in [4.78, 5) is 140. The smallest absolute Gasteiger partial charge is 0.327 e. The van der Waals surface area contributed by atoms with Crippen molar-refractivity contribution in [3.05, 3.63) is 0 Å². The molecule has 0 aromatic heterocycles. The van der Waals surface area contributed by atoms with Crippen LogP contribution in [0.15, 0.2) is 0 Å². The minimum Gasteiger partial charge on any atom is -0.481 e. The maximum atomic E-state index is 13.7. The van der Waals surface area contributed by atoms with Gasteiger partial charge in [0.15, 0.2) is 0 Å². The number of hydrogen-bond donors (Lipinski definition) is 16. The van der Waals surface area contributed by atoms with Crippen LogP contribution in [-0.2, 0) is 52.7 Å². The number of carboxylic acids is 2. The second-order valence-electron chi connectivity index (χ2n) is 15.4. The molecule has 9 amide bonds. The van der Waals surface area contributed by atoms with E-state index in [0.29, 0.717) is 12.8 Å². The average Bonchev–Trinajstić information content (AvgIpc) is 3.24. The fourth-order valence-corrected chi connectivity index (χ4v) is 6.24. The molecular formula is C38H67N11O15S2. The van der Waals surface area contributed by atoms with Gasteiger partial charge in [0.25, 0.3) is 0 Å². The van der Waals surface area contributed by atoms with Gasteiger partial charge in [-0.3, -0.25) is 47.9 Å². The molecule has 0 unspecified atom stereocenters. The third kappa shape index (κ3) is 22.7. The molecule has 0 aliphatic heterocycles. The number of carbonyl (C=O) groups is 11. The van der Waals surface area contributed by atoms with E-state index in [4.69, 9.17) is 16.6 Å². The first-order valence-corrected chi connectivity index (χ1v) is 22.9. The molecule has 0 fully saturated rings. The van der Waals surface area contributed by atoms with E-state index in [1.807, 2.05) is 0 Å². The summed E-state index contributed by atoms with van der Waals surface area (Å²) in [5, 5.41) is 59.3. The lowest BCUT2D eigenvalue weighted by Gasteiger charge is -2.28. The average molecular weight is 982 g/mol. The minimum absolute atomic E-state index is 0.0155. The Kier molecular flexibility index (Phi) is 29.1. The van der Waals surface area contributed by atoms with Crippen molar-refractivity contribution in [2.75, 3.05) is 37.5 Å². The summed E-state index contributed by atoms with van der Waals surface area (Å²) < 4.78 is 0. The highest BCUT2D eigenvalue weighted by molar-refractivity contribution is 7.98. The van der Waals surface area contributed by atoms with E-state index >= 15 is 0 Å². The van der Waals surface area contributed by atoms with E-state index in [1.54, 1.807) is 20.1 Å². The van der Waals surface area contributed by atoms with Crippen LogP contribution in [0.25, 0.3) is 0 Å². The number of carbonyl (C=O) groups excluding carboxylic acids is 9. The number of carboxylic acid groups (broad SMARTS) is 2. The number of aliphatic carboxylic acids is 2. The third-order valence-electron chi connectivity index (χ3n) is 9.42. The number of hydrogen-bond acceptors (Lipinski definition) is 17. The van der Waals surface area contributed by atoms with Gasteiger partial charge in [0.05, 0.1) is 25.7 Å². The molecule has 376 valence electrons. The molecule has 17 N–H and O–H groups in total. The fraction of sp³-hybridized carbons (Fsp3) is 0.711. The number of nitrogens with two attached hydrogens (primary N) is 2. The number of aliphatic hydroxyl groups is 2. The lowest BCUT2D eigenvalue weighted by molar-refractivity contribution is -0.141. The zero-order valence-electron chi connectivity index (χ0n) is 37.7. The molecule has 10 atom stereocenters. The van der Waals surface area contributed by atoms with E-state index in [1.165, 1.54) is 25.6 Å². The first-order valence-electron chi connectivity index (χ1n) is 20.8. The summed E-state index contributed by atoms with van der Waals surface area (Å²) in [6.07, 6.45) is -0.307. The molecule has 0 radical (unpaired) electrons. The third-order valence-corrected chi connectivity index (χ3v) is 10.4. The summed E-state index contributed by atoms with van der Waals surface area (Å²) in [6.45, 7) is 5.75. The van der Waals surface area contributed by atoms with Gasteiger partial charge in [0.2, 0.25) is 53.2 Å². The van der Waals surface area contributed by atoms with Crippen molar-refractivity contribution in [2.45, 2.75) is 127 Å². The number of amides is 9. The molecule has 0 bridgehead atoms. The predicted molar refractivity (Wildman–Crippen MR) is 241 cm³/mol. The van der Waals surface area contributed by atoms with Gasteiger partial charge in [-0.05, 0) is 70.9 Å². The largest absolute Gasteiger partial charge is 0.481 e. The Balaban J connectivity index is 6.10. The van der Waals surface area contributed by atoms with E-state index in [2.05, 4.69) is 60.5 Å². The van der Waals surface area contributed by atoms with Gasteiger partial charge in [0, 0.05) is 5.75 Å². The maximum Gasteiger partial charge on any atom is 0.327 e.